The quantitative estimate of drug-likeness (QED) is 0.588. The van der Waals surface area contributed by atoms with Crippen molar-refractivity contribution in [3.05, 3.63) is 67.9 Å². The number of aryl methyl sites for hydroxylation is 1. The normalized spacial score (nSPS) is 12.4. The molecule has 1 unspecified atom stereocenters. The fourth-order valence-electron chi connectivity index (χ4n) is 2.09. The first-order valence-corrected chi connectivity index (χ1v) is 7.76. The topological polar surface area (TPSA) is 38.0 Å². The van der Waals surface area contributed by atoms with E-state index in [0.29, 0.717) is 6.42 Å². The van der Waals surface area contributed by atoms with E-state index in [1.54, 1.807) is 6.07 Å². The van der Waals surface area contributed by atoms with Crippen molar-refractivity contribution in [1.82, 2.24) is 5.43 Å². The summed E-state index contributed by atoms with van der Waals surface area (Å²) in [6.07, 6.45) is 0.594. The molecule has 0 bridgehead atoms. The van der Waals surface area contributed by atoms with E-state index < -0.39 is 0 Å². The molecule has 0 radical (unpaired) electrons. The van der Waals surface area contributed by atoms with Crippen LogP contribution in [-0.4, -0.2) is 0 Å². The molecule has 2 nitrogen and oxygen atoms in total. The van der Waals surface area contributed by atoms with Gasteiger partial charge in [-0.3, -0.25) is 11.3 Å². The van der Waals surface area contributed by atoms with Crippen LogP contribution in [-0.2, 0) is 6.42 Å². The molecule has 2 aromatic rings. The van der Waals surface area contributed by atoms with Gasteiger partial charge in [-0.15, -0.1) is 0 Å². The second kappa shape index (κ2) is 6.80. The number of nitrogens with one attached hydrogen (secondary N) is 1. The Balaban J connectivity index is 2.31. The largest absolute Gasteiger partial charge is 0.271 e. The Morgan fingerprint density at radius 3 is 2.55 bits per heavy atom. The predicted octanol–water partition coefficient (Wildman–Crippen LogP) is 4.41. The summed E-state index contributed by atoms with van der Waals surface area (Å²) in [7, 11) is 0. The van der Waals surface area contributed by atoms with Gasteiger partial charge in [0.05, 0.1) is 6.04 Å². The van der Waals surface area contributed by atoms with Crippen molar-refractivity contribution in [2.45, 2.75) is 19.4 Å². The summed E-state index contributed by atoms with van der Waals surface area (Å²) in [6.45, 7) is 2.03. The minimum atomic E-state index is -0.248. The number of halogens is 3. The van der Waals surface area contributed by atoms with Crippen molar-refractivity contribution in [2.24, 2.45) is 5.84 Å². The highest BCUT2D eigenvalue weighted by atomic mass is 79.9. The van der Waals surface area contributed by atoms with Gasteiger partial charge in [0.25, 0.3) is 0 Å². The van der Waals surface area contributed by atoms with Crippen LogP contribution in [0.4, 0.5) is 4.39 Å². The predicted molar refractivity (Wildman–Crippen MR) is 86.7 cm³/mol. The van der Waals surface area contributed by atoms with Crippen LogP contribution in [0, 0.1) is 12.7 Å². The summed E-state index contributed by atoms with van der Waals surface area (Å²) in [5.41, 5.74) is 5.90. The Kier molecular flexibility index (Phi) is 5.32. The van der Waals surface area contributed by atoms with E-state index in [-0.39, 0.29) is 11.9 Å². The lowest BCUT2D eigenvalue weighted by Crippen LogP contribution is -2.30. The number of rotatable bonds is 4. The summed E-state index contributed by atoms with van der Waals surface area (Å²) in [4.78, 5) is 0. The minimum absolute atomic E-state index is 0.0944. The Morgan fingerprint density at radius 2 is 1.90 bits per heavy atom. The van der Waals surface area contributed by atoms with E-state index in [1.807, 2.05) is 25.1 Å². The third-order valence-electron chi connectivity index (χ3n) is 3.16. The molecule has 0 aliphatic carbocycles. The van der Waals surface area contributed by atoms with Crippen molar-refractivity contribution < 1.29 is 4.39 Å². The van der Waals surface area contributed by atoms with E-state index in [0.717, 1.165) is 20.1 Å². The fourth-order valence-corrected chi connectivity index (χ4v) is 3.27. The maximum Gasteiger partial charge on any atom is 0.123 e. The average molecular weight is 402 g/mol. The molecule has 0 spiro atoms. The number of hydrazine groups is 1. The van der Waals surface area contributed by atoms with E-state index >= 15 is 0 Å². The van der Waals surface area contributed by atoms with Crippen molar-refractivity contribution in [3.8, 4) is 0 Å². The van der Waals surface area contributed by atoms with Gasteiger partial charge in [0.1, 0.15) is 5.82 Å². The van der Waals surface area contributed by atoms with Crippen molar-refractivity contribution >= 4 is 31.9 Å². The van der Waals surface area contributed by atoms with Crippen molar-refractivity contribution in [2.75, 3.05) is 0 Å². The van der Waals surface area contributed by atoms with Crippen molar-refractivity contribution in [1.29, 1.82) is 0 Å². The van der Waals surface area contributed by atoms with Crippen LogP contribution in [0.3, 0.4) is 0 Å². The molecule has 106 valence electrons. The Labute approximate surface area is 134 Å². The second-order valence-corrected chi connectivity index (χ2v) is 6.39. The van der Waals surface area contributed by atoms with Gasteiger partial charge in [-0.2, -0.15) is 0 Å². The molecule has 20 heavy (non-hydrogen) atoms. The molecule has 3 N–H and O–H groups in total. The number of hydrogen-bond acceptors (Lipinski definition) is 2. The highest BCUT2D eigenvalue weighted by Gasteiger charge is 2.15. The molecular weight excluding hydrogens is 387 g/mol. The van der Waals surface area contributed by atoms with Gasteiger partial charge in [-0.05, 0) is 54.3 Å². The lowest BCUT2D eigenvalue weighted by molar-refractivity contribution is 0.545. The molecular formula is C15H15Br2FN2. The lowest BCUT2D eigenvalue weighted by atomic mass is 9.98. The molecule has 0 saturated carbocycles. The summed E-state index contributed by atoms with van der Waals surface area (Å²) in [5.74, 6) is 5.42. The zero-order valence-electron chi connectivity index (χ0n) is 11.0. The Bertz CT molecular complexity index is 617. The fraction of sp³-hybridized carbons (Fsp3) is 0.200. The molecule has 0 fully saturated rings. The highest BCUT2D eigenvalue weighted by Crippen LogP contribution is 2.29. The van der Waals surface area contributed by atoms with Gasteiger partial charge in [-0.1, -0.05) is 44.0 Å². The number of hydrogen-bond donors (Lipinski definition) is 2. The van der Waals surface area contributed by atoms with Crippen LogP contribution in [0.2, 0.25) is 0 Å². The molecule has 2 rings (SSSR count). The standard InChI is InChI=1S/C15H15Br2FN2/c1-9-2-4-12(14(17)6-9)15(20-19)8-10-7-11(18)3-5-13(10)16/h2-7,15,20H,8,19H2,1H3. The Morgan fingerprint density at radius 1 is 1.15 bits per heavy atom. The minimum Gasteiger partial charge on any atom is -0.271 e. The maximum atomic E-state index is 13.4. The average Bonchev–Trinajstić information content (AvgIpc) is 2.40. The van der Waals surface area contributed by atoms with Gasteiger partial charge in [0.15, 0.2) is 0 Å². The third-order valence-corrected chi connectivity index (χ3v) is 4.62. The van der Waals surface area contributed by atoms with Gasteiger partial charge in [0, 0.05) is 8.95 Å². The zero-order chi connectivity index (χ0) is 14.7. The molecule has 5 heteroatoms. The van der Waals surface area contributed by atoms with E-state index in [1.165, 1.54) is 17.7 Å². The first-order chi connectivity index (χ1) is 9.51. The summed E-state index contributed by atoms with van der Waals surface area (Å²) in [6, 6.07) is 10.7. The maximum absolute atomic E-state index is 13.4. The summed E-state index contributed by atoms with van der Waals surface area (Å²) < 4.78 is 15.2. The molecule has 0 aliphatic rings. The van der Waals surface area contributed by atoms with Crippen LogP contribution in [0.15, 0.2) is 45.3 Å². The molecule has 0 saturated heterocycles. The highest BCUT2D eigenvalue weighted by molar-refractivity contribution is 9.10. The van der Waals surface area contributed by atoms with Gasteiger partial charge in [-0.25, -0.2) is 4.39 Å². The van der Waals surface area contributed by atoms with Crippen LogP contribution in [0.25, 0.3) is 0 Å². The lowest BCUT2D eigenvalue weighted by Gasteiger charge is -2.19. The monoisotopic (exact) mass is 400 g/mol. The molecule has 0 aromatic heterocycles. The van der Waals surface area contributed by atoms with E-state index in [4.69, 9.17) is 5.84 Å². The molecule has 1 atom stereocenters. The van der Waals surface area contributed by atoms with Gasteiger partial charge >= 0.3 is 0 Å². The molecule has 0 heterocycles. The second-order valence-electron chi connectivity index (χ2n) is 4.68. The SMILES string of the molecule is Cc1ccc(C(Cc2cc(F)ccc2Br)NN)c(Br)c1. The summed E-state index contributed by atoms with van der Waals surface area (Å²) in [5, 5.41) is 0. The van der Waals surface area contributed by atoms with Crippen LogP contribution < -0.4 is 11.3 Å². The molecule has 0 amide bonds. The molecule has 0 aliphatic heterocycles. The van der Waals surface area contributed by atoms with Gasteiger partial charge < -0.3 is 0 Å². The number of benzene rings is 2. The first-order valence-electron chi connectivity index (χ1n) is 6.17. The summed E-state index contributed by atoms with van der Waals surface area (Å²) >= 11 is 7.00. The van der Waals surface area contributed by atoms with E-state index in [2.05, 4.69) is 37.3 Å². The third kappa shape index (κ3) is 3.67. The van der Waals surface area contributed by atoms with Crippen LogP contribution in [0.5, 0.6) is 0 Å². The van der Waals surface area contributed by atoms with Crippen LogP contribution >= 0.6 is 31.9 Å². The Hall–Kier alpha value is -0.750. The van der Waals surface area contributed by atoms with Crippen molar-refractivity contribution in [3.63, 3.8) is 0 Å². The number of nitrogens with two attached hydrogens (primary N) is 1. The van der Waals surface area contributed by atoms with E-state index in [9.17, 15) is 4.39 Å². The van der Waals surface area contributed by atoms with Gasteiger partial charge in [0.2, 0.25) is 0 Å². The van der Waals surface area contributed by atoms with Crippen LogP contribution in [0.1, 0.15) is 22.7 Å². The molecule has 2 aromatic carbocycles. The smallest absolute Gasteiger partial charge is 0.123 e. The zero-order valence-corrected chi connectivity index (χ0v) is 14.1. The first kappa shape index (κ1) is 15.6.